The molecule has 0 radical (unpaired) electrons. The molecule has 18 heavy (non-hydrogen) atoms. The van der Waals surface area contributed by atoms with Gasteiger partial charge in [-0.25, -0.2) is 0 Å². The van der Waals surface area contributed by atoms with Gasteiger partial charge in [0.1, 0.15) is 5.41 Å². The number of rotatable bonds is 5. The van der Waals surface area contributed by atoms with E-state index < -0.39 is 5.41 Å². The van der Waals surface area contributed by atoms with Crippen molar-refractivity contribution < 1.29 is 14.3 Å². The second-order valence-electron chi connectivity index (χ2n) is 4.33. The summed E-state index contributed by atoms with van der Waals surface area (Å²) in [5.74, 6) is -0.337. The summed E-state index contributed by atoms with van der Waals surface area (Å²) in [5, 5.41) is 0. The molecule has 1 aromatic carbocycles. The molecule has 1 rings (SSSR count). The number of nitrogens with two attached hydrogens (primary N) is 2. The van der Waals surface area contributed by atoms with E-state index in [9.17, 15) is 4.79 Å². The molecule has 1 aromatic rings. The Hall–Kier alpha value is -1.75. The summed E-state index contributed by atoms with van der Waals surface area (Å²) in [6.45, 7) is 4.07. The lowest BCUT2D eigenvalue weighted by Gasteiger charge is -2.27. The van der Waals surface area contributed by atoms with Crippen LogP contribution in [0.4, 0.5) is 11.4 Å². The van der Waals surface area contributed by atoms with Gasteiger partial charge >= 0.3 is 5.97 Å². The third-order valence-electron chi connectivity index (χ3n) is 2.88. The lowest BCUT2D eigenvalue weighted by molar-refractivity contribution is -0.151. The standard InChI is InChI=1S/C13H20N2O3/c1-4-18-12(16)13(2,8-17-3)9-5-6-10(14)11(15)7-9/h5-7H,4,8,14-15H2,1-3H3. The lowest BCUT2D eigenvalue weighted by atomic mass is 9.83. The molecular formula is C13H20N2O3. The molecule has 0 spiro atoms. The van der Waals surface area contributed by atoms with Crippen LogP contribution in [0.5, 0.6) is 0 Å². The molecule has 1 unspecified atom stereocenters. The van der Waals surface area contributed by atoms with Crippen molar-refractivity contribution in [1.29, 1.82) is 0 Å². The van der Waals surface area contributed by atoms with E-state index in [0.29, 0.717) is 18.0 Å². The maximum atomic E-state index is 12.1. The minimum Gasteiger partial charge on any atom is -0.465 e. The van der Waals surface area contributed by atoms with Gasteiger partial charge in [0, 0.05) is 7.11 Å². The van der Waals surface area contributed by atoms with Gasteiger partial charge in [0.25, 0.3) is 0 Å². The Morgan fingerprint density at radius 1 is 1.33 bits per heavy atom. The Morgan fingerprint density at radius 2 is 2.00 bits per heavy atom. The van der Waals surface area contributed by atoms with Gasteiger partial charge < -0.3 is 20.9 Å². The maximum absolute atomic E-state index is 12.1. The number of esters is 1. The first-order valence-electron chi connectivity index (χ1n) is 5.77. The van der Waals surface area contributed by atoms with Crippen LogP contribution in [-0.2, 0) is 19.7 Å². The van der Waals surface area contributed by atoms with E-state index in [-0.39, 0.29) is 12.6 Å². The monoisotopic (exact) mass is 252 g/mol. The third-order valence-corrected chi connectivity index (χ3v) is 2.88. The van der Waals surface area contributed by atoms with Gasteiger partial charge in [-0.2, -0.15) is 0 Å². The minimum atomic E-state index is -0.882. The quantitative estimate of drug-likeness (QED) is 0.609. The van der Waals surface area contributed by atoms with Gasteiger partial charge in [-0.3, -0.25) is 4.79 Å². The van der Waals surface area contributed by atoms with E-state index in [0.717, 1.165) is 5.56 Å². The summed E-state index contributed by atoms with van der Waals surface area (Å²) in [6, 6.07) is 5.13. The second kappa shape index (κ2) is 5.73. The summed E-state index contributed by atoms with van der Waals surface area (Å²) >= 11 is 0. The van der Waals surface area contributed by atoms with E-state index in [2.05, 4.69) is 0 Å². The first kappa shape index (κ1) is 14.3. The van der Waals surface area contributed by atoms with Crippen molar-refractivity contribution in [2.45, 2.75) is 19.3 Å². The highest BCUT2D eigenvalue weighted by Crippen LogP contribution is 2.29. The van der Waals surface area contributed by atoms with Crippen molar-refractivity contribution in [3.05, 3.63) is 23.8 Å². The first-order valence-corrected chi connectivity index (χ1v) is 5.77. The highest BCUT2D eigenvalue weighted by Gasteiger charge is 2.37. The highest BCUT2D eigenvalue weighted by atomic mass is 16.5. The zero-order valence-electron chi connectivity index (χ0n) is 11.0. The maximum Gasteiger partial charge on any atom is 0.318 e. The Kier molecular flexibility index (Phi) is 4.55. The van der Waals surface area contributed by atoms with E-state index in [4.69, 9.17) is 20.9 Å². The number of hydrogen-bond acceptors (Lipinski definition) is 5. The molecule has 100 valence electrons. The van der Waals surface area contributed by atoms with Crippen molar-refractivity contribution in [2.75, 3.05) is 31.8 Å². The molecular weight excluding hydrogens is 232 g/mol. The average Bonchev–Trinajstić information content (AvgIpc) is 2.33. The number of benzene rings is 1. The average molecular weight is 252 g/mol. The fraction of sp³-hybridized carbons (Fsp3) is 0.462. The third kappa shape index (κ3) is 2.73. The Balaban J connectivity index is 3.17. The molecule has 0 saturated carbocycles. The van der Waals surface area contributed by atoms with Crippen LogP contribution in [0.3, 0.4) is 0 Å². The number of carbonyl (C=O) groups is 1. The van der Waals surface area contributed by atoms with E-state index in [1.165, 1.54) is 7.11 Å². The summed E-state index contributed by atoms with van der Waals surface area (Å²) in [4.78, 5) is 12.1. The normalized spacial score (nSPS) is 13.9. The summed E-state index contributed by atoms with van der Waals surface area (Å²) in [7, 11) is 1.54. The van der Waals surface area contributed by atoms with Gasteiger partial charge in [0.05, 0.1) is 24.6 Å². The van der Waals surface area contributed by atoms with Crippen LogP contribution in [0.15, 0.2) is 18.2 Å². The number of anilines is 2. The van der Waals surface area contributed by atoms with Gasteiger partial charge in [-0.15, -0.1) is 0 Å². The Morgan fingerprint density at radius 3 is 2.50 bits per heavy atom. The molecule has 5 heteroatoms. The van der Waals surface area contributed by atoms with Crippen molar-refractivity contribution in [2.24, 2.45) is 0 Å². The predicted octanol–water partition coefficient (Wildman–Crippen LogP) is 1.32. The Bertz CT molecular complexity index is 434. The van der Waals surface area contributed by atoms with E-state index >= 15 is 0 Å². The number of carbonyl (C=O) groups excluding carboxylic acids is 1. The topological polar surface area (TPSA) is 87.6 Å². The molecule has 0 bridgehead atoms. The van der Waals surface area contributed by atoms with Gasteiger partial charge in [0.15, 0.2) is 0 Å². The van der Waals surface area contributed by atoms with Crippen LogP contribution in [0.25, 0.3) is 0 Å². The summed E-state index contributed by atoms with van der Waals surface area (Å²) in [5.41, 5.74) is 12.2. The predicted molar refractivity (Wildman–Crippen MR) is 71.1 cm³/mol. The highest BCUT2D eigenvalue weighted by molar-refractivity contribution is 5.84. The fourth-order valence-electron chi connectivity index (χ4n) is 1.76. The zero-order chi connectivity index (χ0) is 13.8. The van der Waals surface area contributed by atoms with Gasteiger partial charge in [0.2, 0.25) is 0 Å². The summed E-state index contributed by atoms with van der Waals surface area (Å²) < 4.78 is 10.2. The van der Waals surface area contributed by atoms with Crippen LogP contribution in [-0.4, -0.2) is 26.3 Å². The largest absolute Gasteiger partial charge is 0.465 e. The van der Waals surface area contributed by atoms with Gasteiger partial charge in [-0.05, 0) is 31.5 Å². The molecule has 0 aliphatic rings. The molecule has 0 amide bonds. The molecule has 0 aliphatic carbocycles. The van der Waals surface area contributed by atoms with Crippen LogP contribution >= 0.6 is 0 Å². The molecule has 4 N–H and O–H groups in total. The SMILES string of the molecule is CCOC(=O)C(C)(COC)c1ccc(N)c(N)c1. The summed E-state index contributed by atoms with van der Waals surface area (Å²) in [6.07, 6.45) is 0. The van der Waals surface area contributed by atoms with Crippen LogP contribution in [0.2, 0.25) is 0 Å². The molecule has 0 saturated heterocycles. The smallest absolute Gasteiger partial charge is 0.318 e. The molecule has 0 fully saturated rings. The van der Waals surface area contributed by atoms with Crippen LogP contribution in [0.1, 0.15) is 19.4 Å². The van der Waals surface area contributed by atoms with Crippen molar-refractivity contribution in [3.63, 3.8) is 0 Å². The Labute approximate surface area is 107 Å². The van der Waals surface area contributed by atoms with Crippen molar-refractivity contribution in [1.82, 2.24) is 0 Å². The molecule has 0 heterocycles. The minimum absolute atomic E-state index is 0.217. The van der Waals surface area contributed by atoms with Gasteiger partial charge in [-0.1, -0.05) is 6.07 Å². The van der Waals surface area contributed by atoms with E-state index in [1.54, 1.807) is 32.0 Å². The number of nitrogen functional groups attached to an aromatic ring is 2. The molecule has 0 aromatic heterocycles. The fourth-order valence-corrected chi connectivity index (χ4v) is 1.76. The molecule has 1 atom stereocenters. The van der Waals surface area contributed by atoms with E-state index in [1.807, 2.05) is 0 Å². The molecule has 0 aliphatic heterocycles. The first-order chi connectivity index (χ1) is 8.45. The zero-order valence-corrected chi connectivity index (χ0v) is 11.0. The van der Waals surface area contributed by atoms with Crippen molar-refractivity contribution >= 4 is 17.3 Å². The lowest BCUT2D eigenvalue weighted by Crippen LogP contribution is -2.38. The second-order valence-corrected chi connectivity index (χ2v) is 4.33. The van der Waals surface area contributed by atoms with Crippen molar-refractivity contribution in [3.8, 4) is 0 Å². The van der Waals surface area contributed by atoms with Crippen LogP contribution < -0.4 is 11.5 Å². The number of methoxy groups -OCH3 is 1. The number of ether oxygens (including phenoxy) is 2. The number of hydrogen-bond donors (Lipinski definition) is 2. The van der Waals surface area contributed by atoms with Crippen LogP contribution in [0, 0.1) is 0 Å². The molecule has 5 nitrogen and oxygen atoms in total.